The lowest BCUT2D eigenvalue weighted by Crippen LogP contribution is -2.16. The maximum atomic E-state index is 12.4. The highest BCUT2D eigenvalue weighted by molar-refractivity contribution is 6.07. The Labute approximate surface area is 307 Å². The molecule has 0 fully saturated rings. The molecule has 0 aliphatic carbocycles. The molecule has 8 heteroatoms. The fraction of sp³-hybridized carbons (Fsp3) is 0.273. The molecule has 0 radical (unpaired) electrons. The first-order valence-electron chi connectivity index (χ1n) is 17.5. The van der Waals surface area contributed by atoms with Crippen LogP contribution >= 0.6 is 0 Å². The van der Waals surface area contributed by atoms with Crippen LogP contribution in [-0.4, -0.2) is 45.2 Å². The summed E-state index contributed by atoms with van der Waals surface area (Å²) < 4.78 is 11.4. The lowest BCUT2D eigenvalue weighted by atomic mass is 9.81. The van der Waals surface area contributed by atoms with Crippen LogP contribution in [0.15, 0.2) is 97.6 Å². The smallest absolute Gasteiger partial charge is 0.185 e. The number of benzene rings is 4. The van der Waals surface area contributed by atoms with Gasteiger partial charge in [0.15, 0.2) is 11.6 Å². The number of allylic oxidation sites excluding steroid dienone is 3. The van der Waals surface area contributed by atoms with E-state index in [0.717, 1.165) is 41.5 Å². The summed E-state index contributed by atoms with van der Waals surface area (Å²) in [5, 5.41) is 39.2. The van der Waals surface area contributed by atoms with Gasteiger partial charge >= 0.3 is 0 Å². The standard InChI is InChI=1S/C23H28O4.C21H22O4/c1-5-13-27-22-15-21(26)19(23(3,4)6-2)14-17(22)9-12-20(25)16-7-10-18(24)11-8-16;1-3-5-16-13-17(21(14-20(16)24)25-12-4-2)8-11-19(23)15-6-9-18(22)10-7-15/h7-12,14-15,24,26H,5-6,13H2,1-4H3;3,6-11,13-14,22,24H,1,4-5,12H2,2H3/b12-9+;11-8+. The molecular weight excluding hydrogens is 656 g/mol. The Morgan fingerprint density at radius 1 is 0.673 bits per heavy atom. The van der Waals surface area contributed by atoms with Gasteiger partial charge in [-0.05, 0) is 122 Å². The SMILES string of the molecule is C=CCc1cc(/C=C/C(=O)c2ccc(O)cc2)c(OCCC)cc1O.CCCOc1cc(O)c(C(C)(C)CC)cc1/C=C/C(=O)c1ccc(O)cc1. The first kappa shape index (κ1) is 40.7. The van der Waals surface area contributed by atoms with Gasteiger partial charge in [-0.2, -0.15) is 0 Å². The van der Waals surface area contributed by atoms with Crippen molar-refractivity contribution in [3.05, 3.63) is 131 Å². The molecule has 0 heterocycles. The van der Waals surface area contributed by atoms with Crippen LogP contribution in [0.1, 0.15) is 96.9 Å². The molecule has 8 nitrogen and oxygen atoms in total. The number of ketones is 2. The summed E-state index contributed by atoms with van der Waals surface area (Å²) in [5.41, 5.74) is 3.79. The molecule has 0 aliphatic rings. The Balaban J connectivity index is 0.000000281. The highest BCUT2D eigenvalue weighted by atomic mass is 16.5. The van der Waals surface area contributed by atoms with Crippen LogP contribution in [0.5, 0.6) is 34.5 Å². The molecule has 4 aromatic rings. The van der Waals surface area contributed by atoms with Crippen molar-refractivity contribution in [2.24, 2.45) is 0 Å². The number of phenols is 4. The third-order valence-corrected chi connectivity index (χ3v) is 8.37. The van der Waals surface area contributed by atoms with Gasteiger partial charge in [0, 0.05) is 39.9 Å². The van der Waals surface area contributed by atoms with E-state index >= 15 is 0 Å². The molecular formula is C44H50O8. The fourth-order valence-electron chi connectivity index (χ4n) is 4.98. The maximum Gasteiger partial charge on any atom is 0.185 e. The monoisotopic (exact) mass is 706 g/mol. The average Bonchev–Trinajstić information content (AvgIpc) is 3.13. The number of rotatable bonds is 16. The molecule has 0 spiro atoms. The quantitative estimate of drug-likeness (QED) is 0.0514. The Hall–Kier alpha value is -5.76. The Kier molecular flexibility index (Phi) is 15.3. The van der Waals surface area contributed by atoms with Crippen LogP contribution in [0.25, 0.3) is 12.2 Å². The molecule has 0 aromatic heterocycles. The minimum absolute atomic E-state index is 0.114. The Bertz CT molecular complexity index is 1870. The second-order valence-corrected chi connectivity index (χ2v) is 12.8. The summed E-state index contributed by atoms with van der Waals surface area (Å²) in [7, 11) is 0. The summed E-state index contributed by atoms with van der Waals surface area (Å²) in [4.78, 5) is 24.7. The zero-order chi connectivity index (χ0) is 38.3. The summed E-state index contributed by atoms with van der Waals surface area (Å²) in [6.45, 7) is 15.0. The number of phenolic OH excluding ortho intramolecular Hbond substituents is 4. The summed E-state index contributed by atoms with van der Waals surface area (Å²) in [6.07, 6.45) is 11.1. The molecule has 0 unspecified atom stereocenters. The van der Waals surface area contributed by atoms with E-state index < -0.39 is 0 Å². The topological polar surface area (TPSA) is 134 Å². The van der Waals surface area contributed by atoms with Crippen molar-refractivity contribution in [1.82, 2.24) is 0 Å². The molecule has 274 valence electrons. The lowest BCUT2D eigenvalue weighted by molar-refractivity contribution is 0.103. The van der Waals surface area contributed by atoms with E-state index in [9.17, 15) is 30.0 Å². The van der Waals surface area contributed by atoms with Crippen LogP contribution in [0.3, 0.4) is 0 Å². The van der Waals surface area contributed by atoms with Crippen LogP contribution < -0.4 is 9.47 Å². The molecule has 0 saturated heterocycles. The zero-order valence-corrected chi connectivity index (χ0v) is 30.7. The summed E-state index contributed by atoms with van der Waals surface area (Å²) >= 11 is 0. The number of carbonyl (C=O) groups excluding carboxylic acids is 2. The Morgan fingerprint density at radius 2 is 1.12 bits per heavy atom. The van der Waals surface area contributed by atoms with Gasteiger partial charge in [-0.3, -0.25) is 9.59 Å². The van der Waals surface area contributed by atoms with E-state index in [1.54, 1.807) is 60.7 Å². The number of ether oxygens (including phenoxy) is 2. The predicted molar refractivity (Wildman–Crippen MR) is 208 cm³/mol. The van der Waals surface area contributed by atoms with Gasteiger partial charge in [0.1, 0.15) is 34.5 Å². The molecule has 0 amide bonds. The Morgan fingerprint density at radius 3 is 1.54 bits per heavy atom. The van der Waals surface area contributed by atoms with Crippen LogP contribution in [0.4, 0.5) is 0 Å². The van der Waals surface area contributed by atoms with Crippen molar-refractivity contribution >= 4 is 23.7 Å². The van der Waals surface area contributed by atoms with E-state index in [1.165, 1.54) is 36.4 Å². The molecule has 0 saturated carbocycles. The van der Waals surface area contributed by atoms with Gasteiger partial charge in [0.25, 0.3) is 0 Å². The predicted octanol–water partition coefficient (Wildman–Crippen LogP) is 9.98. The van der Waals surface area contributed by atoms with Crippen LogP contribution in [0, 0.1) is 0 Å². The number of hydrogen-bond acceptors (Lipinski definition) is 8. The van der Waals surface area contributed by atoms with Crippen LogP contribution in [0.2, 0.25) is 0 Å². The normalized spacial score (nSPS) is 11.2. The van der Waals surface area contributed by atoms with Crippen molar-refractivity contribution in [2.75, 3.05) is 13.2 Å². The summed E-state index contributed by atoms with van der Waals surface area (Å²) in [5.74, 6) is 1.32. The molecule has 0 bridgehead atoms. The molecule has 0 atom stereocenters. The largest absolute Gasteiger partial charge is 0.508 e. The van der Waals surface area contributed by atoms with E-state index in [-0.39, 0.29) is 40.0 Å². The molecule has 0 aliphatic heterocycles. The van der Waals surface area contributed by atoms with E-state index in [0.29, 0.717) is 42.3 Å². The lowest BCUT2D eigenvalue weighted by Gasteiger charge is -2.25. The number of aromatic hydroxyl groups is 4. The highest BCUT2D eigenvalue weighted by Crippen LogP contribution is 2.38. The van der Waals surface area contributed by atoms with Gasteiger partial charge < -0.3 is 29.9 Å². The van der Waals surface area contributed by atoms with Crippen molar-refractivity contribution in [3.63, 3.8) is 0 Å². The van der Waals surface area contributed by atoms with Gasteiger partial charge in [-0.1, -0.05) is 40.7 Å². The van der Waals surface area contributed by atoms with Crippen molar-refractivity contribution in [1.29, 1.82) is 0 Å². The highest BCUT2D eigenvalue weighted by Gasteiger charge is 2.23. The minimum atomic E-state index is -0.197. The molecule has 4 aromatic carbocycles. The number of carbonyl (C=O) groups is 2. The van der Waals surface area contributed by atoms with E-state index in [1.807, 2.05) is 19.9 Å². The second kappa shape index (κ2) is 19.6. The first-order chi connectivity index (χ1) is 24.8. The average molecular weight is 707 g/mol. The minimum Gasteiger partial charge on any atom is -0.508 e. The fourth-order valence-corrected chi connectivity index (χ4v) is 4.98. The van der Waals surface area contributed by atoms with Crippen molar-refractivity contribution < 1.29 is 39.5 Å². The van der Waals surface area contributed by atoms with Crippen molar-refractivity contribution in [2.45, 2.75) is 65.7 Å². The third kappa shape index (κ3) is 11.7. The second-order valence-electron chi connectivity index (χ2n) is 12.8. The van der Waals surface area contributed by atoms with Gasteiger partial charge in [-0.15, -0.1) is 6.58 Å². The first-order valence-corrected chi connectivity index (χ1v) is 17.5. The zero-order valence-electron chi connectivity index (χ0n) is 30.7. The van der Waals surface area contributed by atoms with Crippen LogP contribution in [-0.2, 0) is 11.8 Å². The number of hydrogen-bond donors (Lipinski definition) is 4. The van der Waals surface area contributed by atoms with Gasteiger partial charge in [0.05, 0.1) is 13.2 Å². The third-order valence-electron chi connectivity index (χ3n) is 8.37. The molecule has 4 N–H and O–H groups in total. The molecule has 4 rings (SSSR count). The molecule has 52 heavy (non-hydrogen) atoms. The summed E-state index contributed by atoms with van der Waals surface area (Å²) in [6, 6.07) is 19.1. The maximum absolute atomic E-state index is 12.4. The van der Waals surface area contributed by atoms with E-state index in [2.05, 4.69) is 27.4 Å². The van der Waals surface area contributed by atoms with Gasteiger partial charge in [0.2, 0.25) is 0 Å². The van der Waals surface area contributed by atoms with Gasteiger partial charge in [-0.25, -0.2) is 0 Å². The van der Waals surface area contributed by atoms with Crippen molar-refractivity contribution in [3.8, 4) is 34.5 Å². The van der Waals surface area contributed by atoms with E-state index in [4.69, 9.17) is 9.47 Å².